The first-order valence-electron chi connectivity index (χ1n) is 5.90. The van der Waals surface area contributed by atoms with Gasteiger partial charge in [-0.05, 0) is 25.1 Å². The summed E-state index contributed by atoms with van der Waals surface area (Å²) >= 11 is 6.48. The summed E-state index contributed by atoms with van der Waals surface area (Å²) in [4.78, 5) is 4.93. The van der Waals surface area contributed by atoms with E-state index in [1.165, 1.54) is 28.0 Å². The lowest BCUT2D eigenvalue weighted by Gasteiger charge is -2.06. The Kier molecular flexibility index (Phi) is 3.29. The summed E-state index contributed by atoms with van der Waals surface area (Å²) in [5.41, 5.74) is 0.700. The number of nitrogens with zero attached hydrogens (tertiary/aromatic N) is 3. The van der Waals surface area contributed by atoms with Crippen molar-refractivity contribution in [2.45, 2.75) is 13.1 Å². The zero-order valence-electron chi connectivity index (χ0n) is 10.7. The Bertz CT molecular complexity index is 863. The molecular formula is C13H8F3N3S2. The molecular weight excluding hydrogens is 319 g/mol. The van der Waals surface area contributed by atoms with E-state index in [1.807, 2.05) is 6.92 Å². The van der Waals surface area contributed by atoms with E-state index in [9.17, 15) is 13.2 Å². The van der Waals surface area contributed by atoms with E-state index >= 15 is 0 Å². The minimum absolute atomic E-state index is 0.520. The molecule has 0 aliphatic rings. The largest absolute Gasteiger partial charge is 0.416 e. The van der Waals surface area contributed by atoms with Gasteiger partial charge in [-0.15, -0.1) is 0 Å². The number of halogens is 3. The molecule has 0 atom stereocenters. The van der Waals surface area contributed by atoms with E-state index in [4.69, 9.17) is 12.2 Å². The van der Waals surface area contributed by atoms with Crippen LogP contribution >= 0.6 is 23.6 Å². The van der Waals surface area contributed by atoms with Gasteiger partial charge in [0.05, 0.1) is 5.56 Å². The van der Waals surface area contributed by atoms with Crippen LogP contribution in [0.2, 0.25) is 0 Å². The van der Waals surface area contributed by atoms with Gasteiger partial charge in [0, 0.05) is 11.3 Å². The monoisotopic (exact) mass is 327 g/mol. The molecule has 108 valence electrons. The number of aromatic nitrogens is 3. The quantitative estimate of drug-likeness (QED) is 0.616. The zero-order chi connectivity index (χ0) is 15.2. The molecule has 3 nitrogen and oxygen atoms in total. The van der Waals surface area contributed by atoms with Crippen molar-refractivity contribution in [2.24, 2.45) is 0 Å². The summed E-state index contributed by atoms with van der Waals surface area (Å²) in [5.74, 6) is 0. The lowest BCUT2D eigenvalue weighted by atomic mass is 10.1. The molecule has 0 saturated carbocycles. The summed E-state index contributed by atoms with van der Waals surface area (Å²) in [6.07, 6.45) is -4.34. The fraction of sp³-hybridized carbons (Fsp3) is 0.154. The Labute approximate surface area is 126 Å². The van der Waals surface area contributed by atoms with Gasteiger partial charge in [0.25, 0.3) is 0 Å². The highest BCUT2D eigenvalue weighted by Crippen LogP contribution is 2.32. The number of alkyl halides is 3. The summed E-state index contributed by atoms with van der Waals surface area (Å²) in [5, 5.41) is 4.88. The standard InChI is InChI=1S/C13H8F3N3S2/c1-7-6-10(20)19-12(17-7)21-11(18-19)8-2-4-9(5-3-8)13(14,15)16/h2-6H,1H3. The predicted molar refractivity (Wildman–Crippen MR) is 76.9 cm³/mol. The molecule has 3 aromatic rings. The van der Waals surface area contributed by atoms with Gasteiger partial charge < -0.3 is 0 Å². The SMILES string of the molecule is Cc1cc(=S)n2nc(-c3ccc(C(F)(F)F)cc3)sc2n1. The van der Waals surface area contributed by atoms with Crippen molar-refractivity contribution in [3.05, 3.63) is 46.2 Å². The van der Waals surface area contributed by atoms with Gasteiger partial charge >= 0.3 is 6.18 Å². The molecule has 0 bridgehead atoms. The molecule has 0 saturated heterocycles. The van der Waals surface area contributed by atoms with Crippen molar-refractivity contribution < 1.29 is 13.2 Å². The van der Waals surface area contributed by atoms with Crippen LogP contribution in [0.4, 0.5) is 13.2 Å². The third-order valence-electron chi connectivity index (χ3n) is 2.83. The van der Waals surface area contributed by atoms with E-state index in [2.05, 4.69) is 10.1 Å². The molecule has 0 aliphatic heterocycles. The Morgan fingerprint density at radius 3 is 2.48 bits per heavy atom. The maximum absolute atomic E-state index is 12.5. The molecule has 8 heteroatoms. The number of hydrogen-bond acceptors (Lipinski definition) is 4. The third-order valence-corrected chi connectivity index (χ3v) is 4.08. The number of hydrogen-bond donors (Lipinski definition) is 0. The second-order valence-corrected chi connectivity index (χ2v) is 5.79. The highest BCUT2D eigenvalue weighted by Gasteiger charge is 2.30. The second kappa shape index (κ2) is 4.88. The molecule has 0 spiro atoms. The van der Waals surface area contributed by atoms with Crippen LogP contribution in [-0.2, 0) is 6.18 Å². The average Bonchev–Trinajstić information content (AvgIpc) is 2.82. The second-order valence-electron chi connectivity index (χ2n) is 4.41. The van der Waals surface area contributed by atoms with Crippen LogP contribution < -0.4 is 0 Å². The lowest BCUT2D eigenvalue weighted by Crippen LogP contribution is -2.03. The third kappa shape index (κ3) is 2.68. The van der Waals surface area contributed by atoms with E-state index in [0.717, 1.165) is 17.8 Å². The molecule has 0 fully saturated rings. The molecule has 1 aromatic carbocycles. The summed E-state index contributed by atoms with van der Waals surface area (Å²) in [6.45, 7) is 1.83. The van der Waals surface area contributed by atoms with Gasteiger partial charge in [-0.2, -0.15) is 22.8 Å². The molecule has 2 heterocycles. The summed E-state index contributed by atoms with van der Waals surface area (Å²) in [7, 11) is 0. The first-order chi connectivity index (χ1) is 9.84. The van der Waals surface area contributed by atoms with Crippen molar-refractivity contribution in [3.8, 4) is 10.6 Å². The minimum atomic E-state index is -4.34. The van der Waals surface area contributed by atoms with Crippen molar-refractivity contribution in [2.75, 3.05) is 0 Å². The molecule has 0 N–H and O–H groups in total. The highest BCUT2D eigenvalue weighted by molar-refractivity contribution is 7.71. The van der Waals surface area contributed by atoms with Crippen LogP contribution in [0.1, 0.15) is 11.3 Å². The van der Waals surface area contributed by atoms with Gasteiger partial charge in [-0.3, -0.25) is 0 Å². The van der Waals surface area contributed by atoms with Crippen LogP contribution in [0.5, 0.6) is 0 Å². The zero-order valence-corrected chi connectivity index (χ0v) is 12.3. The molecule has 0 aliphatic carbocycles. The molecule has 21 heavy (non-hydrogen) atoms. The Morgan fingerprint density at radius 2 is 1.86 bits per heavy atom. The van der Waals surface area contributed by atoms with Crippen molar-refractivity contribution >= 4 is 28.5 Å². The fourth-order valence-electron chi connectivity index (χ4n) is 1.84. The Balaban J connectivity index is 2.08. The van der Waals surface area contributed by atoms with E-state index in [1.54, 1.807) is 6.07 Å². The first kappa shape index (κ1) is 14.2. The summed E-state index contributed by atoms with van der Waals surface area (Å²) in [6, 6.07) is 6.60. The van der Waals surface area contributed by atoms with Crippen LogP contribution in [0, 0.1) is 11.6 Å². The predicted octanol–water partition coefficient (Wildman–Crippen LogP) is 4.51. The Hall–Kier alpha value is -1.80. The topological polar surface area (TPSA) is 30.2 Å². The molecule has 0 radical (unpaired) electrons. The van der Waals surface area contributed by atoms with E-state index in [-0.39, 0.29) is 0 Å². The smallest absolute Gasteiger partial charge is 0.224 e. The van der Waals surface area contributed by atoms with Gasteiger partial charge in [0.2, 0.25) is 4.96 Å². The average molecular weight is 327 g/mol. The van der Waals surface area contributed by atoms with Gasteiger partial charge in [-0.1, -0.05) is 35.7 Å². The maximum atomic E-state index is 12.5. The van der Waals surface area contributed by atoms with E-state index < -0.39 is 11.7 Å². The Morgan fingerprint density at radius 1 is 1.19 bits per heavy atom. The normalized spacial score (nSPS) is 12.0. The van der Waals surface area contributed by atoms with Crippen LogP contribution in [-0.4, -0.2) is 14.6 Å². The van der Waals surface area contributed by atoms with E-state index in [0.29, 0.717) is 20.2 Å². The van der Waals surface area contributed by atoms with Crippen LogP contribution in [0.3, 0.4) is 0 Å². The van der Waals surface area contributed by atoms with Gasteiger partial charge in [-0.25, -0.2) is 4.98 Å². The lowest BCUT2D eigenvalue weighted by molar-refractivity contribution is -0.137. The van der Waals surface area contributed by atoms with Gasteiger partial charge in [0.1, 0.15) is 9.65 Å². The molecule has 0 unspecified atom stereocenters. The van der Waals surface area contributed by atoms with Crippen LogP contribution in [0.15, 0.2) is 30.3 Å². The molecule has 2 aromatic heterocycles. The first-order valence-corrected chi connectivity index (χ1v) is 7.12. The van der Waals surface area contributed by atoms with Gasteiger partial charge in [0.15, 0.2) is 0 Å². The number of aryl methyl sites for hydroxylation is 1. The van der Waals surface area contributed by atoms with Crippen molar-refractivity contribution in [1.82, 2.24) is 14.6 Å². The number of benzene rings is 1. The number of rotatable bonds is 1. The van der Waals surface area contributed by atoms with Crippen molar-refractivity contribution in [1.29, 1.82) is 0 Å². The molecule has 3 rings (SSSR count). The maximum Gasteiger partial charge on any atom is 0.416 e. The highest BCUT2D eigenvalue weighted by atomic mass is 32.1. The number of fused-ring (bicyclic) bond motifs is 1. The molecule has 0 amide bonds. The van der Waals surface area contributed by atoms with Crippen molar-refractivity contribution in [3.63, 3.8) is 0 Å². The minimum Gasteiger partial charge on any atom is -0.224 e. The fourth-order valence-corrected chi connectivity index (χ4v) is 3.16. The summed E-state index contributed by atoms with van der Waals surface area (Å²) < 4.78 is 39.7. The van der Waals surface area contributed by atoms with Crippen LogP contribution in [0.25, 0.3) is 15.5 Å².